The third-order valence-corrected chi connectivity index (χ3v) is 4.07. The van der Waals surface area contributed by atoms with Gasteiger partial charge >= 0.3 is 5.97 Å². The van der Waals surface area contributed by atoms with Crippen LogP contribution in [0.2, 0.25) is 0 Å². The maximum absolute atomic E-state index is 12.3. The van der Waals surface area contributed by atoms with Gasteiger partial charge in [-0.25, -0.2) is 4.79 Å². The smallest absolute Gasteiger partial charge is 0.326 e. The monoisotopic (exact) mass is 290 g/mol. The van der Waals surface area contributed by atoms with E-state index in [0.717, 1.165) is 17.5 Å². The summed E-state index contributed by atoms with van der Waals surface area (Å²) in [5.74, 6) is -1.10. The Morgan fingerprint density at radius 2 is 2.05 bits per heavy atom. The van der Waals surface area contributed by atoms with Gasteiger partial charge in [0.05, 0.1) is 6.54 Å². The summed E-state index contributed by atoms with van der Waals surface area (Å²) in [6.07, 6.45) is 1.30. The fourth-order valence-corrected chi connectivity index (χ4v) is 2.51. The van der Waals surface area contributed by atoms with Crippen LogP contribution in [0.25, 0.3) is 0 Å². The number of aliphatic carboxylic acids is 1. The number of benzene rings is 1. The van der Waals surface area contributed by atoms with Crippen LogP contribution in [-0.4, -0.2) is 40.5 Å². The first-order valence-corrected chi connectivity index (χ1v) is 7.35. The number of fused-ring (bicyclic) bond motifs is 1. The summed E-state index contributed by atoms with van der Waals surface area (Å²) in [6, 6.07) is 7.18. The Kier molecular flexibility index (Phi) is 4.96. The highest BCUT2D eigenvalue weighted by molar-refractivity contribution is 5.85. The van der Waals surface area contributed by atoms with Crippen molar-refractivity contribution in [3.05, 3.63) is 35.4 Å². The van der Waals surface area contributed by atoms with Crippen LogP contribution in [0.5, 0.6) is 0 Å². The van der Waals surface area contributed by atoms with Crippen LogP contribution >= 0.6 is 0 Å². The number of amides is 1. The van der Waals surface area contributed by atoms with Crippen molar-refractivity contribution < 1.29 is 14.7 Å². The van der Waals surface area contributed by atoms with Crippen LogP contribution in [0.1, 0.15) is 31.4 Å². The summed E-state index contributed by atoms with van der Waals surface area (Å²) in [4.78, 5) is 25.3. The molecule has 2 N–H and O–H groups in total. The Morgan fingerprint density at radius 1 is 1.38 bits per heavy atom. The maximum atomic E-state index is 12.3. The number of carbonyl (C=O) groups excluding carboxylic acids is 1. The molecule has 0 bridgehead atoms. The normalized spacial score (nSPS) is 19.0. The van der Waals surface area contributed by atoms with Gasteiger partial charge in [0.1, 0.15) is 6.04 Å². The Hall–Kier alpha value is -1.88. The van der Waals surface area contributed by atoms with Gasteiger partial charge in [-0.1, -0.05) is 31.2 Å². The number of nitrogens with zero attached hydrogens (tertiary/aromatic N) is 1. The lowest BCUT2D eigenvalue weighted by atomic mass is 9.94. The lowest BCUT2D eigenvalue weighted by Gasteiger charge is -2.34. The Labute approximate surface area is 125 Å². The topological polar surface area (TPSA) is 69.6 Å². The molecule has 0 aromatic heterocycles. The Bertz CT molecular complexity index is 530. The molecule has 1 amide bonds. The summed E-state index contributed by atoms with van der Waals surface area (Å²) < 4.78 is 0. The van der Waals surface area contributed by atoms with E-state index in [4.69, 9.17) is 0 Å². The molecule has 0 spiro atoms. The summed E-state index contributed by atoms with van der Waals surface area (Å²) in [6.45, 7) is 4.60. The highest BCUT2D eigenvalue weighted by atomic mass is 16.4. The van der Waals surface area contributed by atoms with Crippen molar-refractivity contribution in [1.82, 2.24) is 10.2 Å². The molecule has 0 saturated heterocycles. The molecule has 2 unspecified atom stereocenters. The van der Waals surface area contributed by atoms with Gasteiger partial charge < -0.3 is 15.3 Å². The lowest BCUT2D eigenvalue weighted by molar-refractivity contribution is -0.151. The first-order chi connectivity index (χ1) is 10.0. The number of nitrogens with one attached hydrogen (secondary N) is 1. The molecule has 21 heavy (non-hydrogen) atoms. The second-order valence-corrected chi connectivity index (χ2v) is 5.54. The molecule has 1 aliphatic rings. The molecule has 2 atom stereocenters. The largest absolute Gasteiger partial charge is 0.480 e. The minimum Gasteiger partial charge on any atom is -0.480 e. The van der Waals surface area contributed by atoms with Gasteiger partial charge in [0.25, 0.3) is 0 Å². The number of rotatable bonds is 5. The zero-order valence-electron chi connectivity index (χ0n) is 12.5. The molecular formula is C16H22N2O3. The van der Waals surface area contributed by atoms with Gasteiger partial charge in [0.15, 0.2) is 0 Å². The molecule has 5 heteroatoms. The van der Waals surface area contributed by atoms with E-state index < -0.39 is 12.0 Å². The second-order valence-electron chi connectivity index (χ2n) is 5.54. The number of carboxylic acid groups (broad SMARTS) is 1. The zero-order chi connectivity index (χ0) is 15.4. The predicted molar refractivity (Wildman–Crippen MR) is 79.9 cm³/mol. The van der Waals surface area contributed by atoms with E-state index in [1.165, 1.54) is 4.90 Å². The molecule has 1 aromatic carbocycles. The molecule has 0 saturated carbocycles. The molecule has 0 radical (unpaired) electrons. The number of hydrogen-bond donors (Lipinski definition) is 2. The van der Waals surface area contributed by atoms with Gasteiger partial charge in [0.2, 0.25) is 5.91 Å². The van der Waals surface area contributed by atoms with Gasteiger partial charge in [-0.15, -0.1) is 0 Å². The fraction of sp³-hybridized carbons (Fsp3) is 0.500. The van der Waals surface area contributed by atoms with Gasteiger partial charge in [0, 0.05) is 19.0 Å². The van der Waals surface area contributed by atoms with Crippen LogP contribution in [0, 0.1) is 0 Å². The predicted octanol–water partition coefficient (Wildman–Crippen LogP) is 1.41. The molecule has 5 nitrogen and oxygen atoms in total. The first kappa shape index (κ1) is 15.5. The van der Waals surface area contributed by atoms with Crippen molar-refractivity contribution in [2.75, 3.05) is 6.54 Å². The second kappa shape index (κ2) is 6.72. The van der Waals surface area contributed by atoms with E-state index in [1.54, 1.807) is 0 Å². The standard InChI is InChI=1S/C16H22N2O3/c1-3-11(2)17-9-15(19)18-10-13-7-5-4-6-12(13)8-14(18)16(20)21/h4-7,11,14,17H,3,8-10H2,1-2H3,(H,20,21). The molecule has 1 heterocycles. The quantitative estimate of drug-likeness (QED) is 0.860. The first-order valence-electron chi connectivity index (χ1n) is 7.35. The minimum absolute atomic E-state index is 0.155. The average molecular weight is 290 g/mol. The lowest BCUT2D eigenvalue weighted by Crippen LogP contribution is -2.51. The van der Waals surface area contributed by atoms with Crippen LogP contribution in [0.4, 0.5) is 0 Å². The van der Waals surface area contributed by atoms with Crippen LogP contribution in [0.3, 0.4) is 0 Å². The highest BCUT2D eigenvalue weighted by Gasteiger charge is 2.34. The Balaban J connectivity index is 2.13. The van der Waals surface area contributed by atoms with Gasteiger partial charge in [-0.3, -0.25) is 4.79 Å². The average Bonchev–Trinajstić information content (AvgIpc) is 2.50. The van der Waals surface area contributed by atoms with Crippen LogP contribution in [0.15, 0.2) is 24.3 Å². The van der Waals surface area contributed by atoms with Crippen LogP contribution < -0.4 is 5.32 Å². The van der Waals surface area contributed by atoms with Crippen molar-refractivity contribution in [2.24, 2.45) is 0 Å². The third kappa shape index (κ3) is 3.61. The maximum Gasteiger partial charge on any atom is 0.326 e. The van der Waals surface area contributed by atoms with E-state index in [9.17, 15) is 14.7 Å². The molecule has 2 rings (SSSR count). The summed E-state index contributed by atoms with van der Waals surface area (Å²) in [5, 5.41) is 12.5. The molecule has 0 fully saturated rings. The summed E-state index contributed by atoms with van der Waals surface area (Å²) in [5.41, 5.74) is 2.05. The van der Waals surface area contributed by atoms with E-state index in [1.807, 2.05) is 38.1 Å². The van der Waals surface area contributed by atoms with E-state index in [-0.39, 0.29) is 18.5 Å². The van der Waals surface area contributed by atoms with E-state index >= 15 is 0 Å². The molecule has 1 aromatic rings. The van der Waals surface area contributed by atoms with Gasteiger partial charge in [-0.2, -0.15) is 0 Å². The Morgan fingerprint density at radius 3 is 2.67 bits per heavy atom. The SMILES string of the molecule is CCC(C)NCC(=O)N1Cc2ccccc2CC1C(=O)O. The number of hydrogen-bond acceptors (Lipinski definition) is 3. The molecule has 1 aliphatic heterocycles. The summed E-state index contributed by atoms with van der Waals surface area (Å²) >= 11 is 0. The molecular weight excluding hydrogens is 268 g/mol. The van der Waals surface area contributed by atoms with E-state index in [0.29, 0.717) is 13.0 Å². The van der Waals surface area contributed by atoms with Crippen molar-refractivity contribution >= 4 is 11.9 Å². The van der Waals surface area contributed by atoms with Crippen LogP contribution in [-0.2, 0) is 22.6 Å². The van der Waals surface area contributed by atoms with Crippen molar-refractivity contribution in [1.29, 1.82) is 0 Å². The third-order valence-electron chi connectivity index (χ3n) is 4.07. The number of carboxylic acids is 1. The van der Waals surface area contributed by atoms with Crippen molar-refractivity contribution in [3.63, 3.8) is 0 Å². The van der Waals surface area contributed by atoms with Gasteiger partial charge in [-0.05, 0) is 24.5 Å². The molecule has 0 aliphatic carbocycles. The fourth-order valence-electron chi connectivity index (χ4n) is 2.51. The van der Waals surface area contributed by atoms with Crippen molar-refractivity contribution in [2.45, 2.75) is 45.3 Å². The zero-order valence-corrected chi connectivity index (χ0v) is 12.5. The minimum atomic E-state index is -0.943. The van der Waals surface area contributed by atoms with E-state index in [2.05, 4.69) is 5.32 Å². The summed E-state index contributed by atoms with van der Waals surface area (Å²) in [7, 11) is 0. The van der Waals surface area contributed by atoms with Crippen molar-refractivity contribution in [3.8, 4) is 0 Å². The highest BCUT2D eigenvalue weighted by Crippen LogP contribution is 2.23. The molecule has 114 valence electrons. The number of carbonyl (C=O) groups is 2.